The molecule has 0 amide bonds. The van der Waals surface area contributed by atoms with Crippen molar-refractivity contribution in [2.45, 2.75) is 26.9 Å². The molecule has 0 saturated carbocycles. The Morgan fingerprint density at radius 1 is 1.11 bits per heavy atom. The second-order valence-corrected chi connectivity index (χ2v) is 5.57. The lowest BCUT2D eigenvalue weighted by Gasteiger charge is -2.22. The van der Waals surface area contributed by atoms with Gasteiger partial charge in [-0.25, -0.2) is 0 Å². The molecule has 0 aliphatic heterocycles. The van der Waals surface area contributed by atoms with Crippen molar-refractivity contribution in [3.05, 3.63) is 52.2 Å². The van der Waals surface area contributed by atoms with E-state index in [1.165, 1.54) is 16.1 Å². The number of benzene rings is 1. The van der Waals surface area contributed by atoms with Gasteiger partial charge in [0.05, 0.1) is 6.54 Å². The summed E-state index contributed by atoms with van der Waals surface area (Å²) in [6.07, 6.45) is 0. The summed E-state index contributed by atoms with van der Waals surface area (Å²) in [5.41, 5.74) is 2.65. The molecule has 0 saturated heterocycles. The summed E-state index contributed by atoms with van der Waals surface area (Å²) < 4.78 is 0. The molecule has 0 aliphatic rings. The van der Waals surface area contributed by atoms with Gasteiger partial charge < -0.3 is 10.2 Å². The van der Waals surface area contributed by atoms with E-state index in [1.54, 1.807) is 0 Å². The van der Waals surface area contributed by atoms with Crippen LogP contribution in [0.5, 0.6) is 0 Å². The van der Waals surface area contributed by atoms with Crippen molar-refractivity contribution < 1.29 is 0 Å². The molecule has 0 unspecified atom stereocenters. The molecule has 1 aromatic heterocycles. The van der Waals surface area contributed by atoms with Gasteiger partial charge in [-0.05, 0) is 42.6 Å². The van der Waals surface area contributed by atoms with E-state index in [1.807, 2.05) is 11.3 Å². The monoisotopic (exact) mass is 274 g/mol. The van der Waals surface area contributed by atoms with E-state index in [2.05, 4.69) is 65.8 Å². The molecule has 1 aromatic carbocycles. The van der Waals surface area contributed by atoms with Crippen molar-refractivity contribution >= 4 is 17.0 Å². The van der Waals surface area contributed by atoms with Crippen LogP contribution in [0.3, 0.4) is 0 Å². The van der Waals surface area contributed by atoms with Crippen LogP contribution in [0.2, 0.25) is 0 Å². The van der Waals surface area contributed by atoms with Gasteiger partial charge in [-0.15, -0.1) is 11.3 Å². The maximum atomic E-state index is 3.35. The fourth-order valence-electron chi connectivity index (χ4n) is 2.07. The van der Waals surface area contributed by atoms with Crippen molar-refractivity contribution in [2.24, 2.45) is 0 Å². The highest BCUT2D eigenvalue weighted by atomic mass is 32.1. The van der Waals surface area contributed by atoms with Gasteiger partial charge >= 0.3 is 0 Å². The summed E-state index contributed by atoms with van der Waals surface area (Å²) in [7, 11) is 0. The average molecular weight is 274 g/mol. The van der Waals surface area contributed by atoms with Crippen molar-refractivity contribution in [2.75, 3.05) is 18.0 Å². The normalized spacial score (nSPS) is 10.6. The predicted molar refractivity (Wildman–Crippen MR) is 84.9 cm³/mol. The molecule has 3 heteroatoms. The van der Waals surface area contributed by atoms with Gasteiger partial charge in [0.25, 0.3) is 0 Å². The zero-order valence-corrected chi connectivity index (χ0v) is 12.5. The van der Waals surface area contributed by atoms with Crippen LogP contribution in [0.4, 0.5) is 5.69 Å². The molecule has 0 aliphatic carbocycles. The Labute approximate surface area is 120 Å². The smallest absolute Gasteiger partial charge is 0.0522 e. The molecule has 102 valence electrons. The highest BCUT2D eigenvalue weighted by molar-refractivity contribution is 7.09. The Hall–Kier alpha value is -1.32. The number of hydrogen-bond acceptors (Lipinski definition) is 3. The van der Waals surface area contributed by atoms with Crippen LogP contribution < -0.4 is 10.2 Å². The van der Waals surface area contributed by atoms with Gasteiger partial charge in [-0.2, -0.15) is 0 Å². The van der Waals surface area contributed by atoms with Crippen molar-refractivity contribution in [1.29, 1.82) is 0 Å². The minimum atomic E-state index is 0.952. The van der Waals surface area contributed by atoms with Gasteiger partial charge in [-0.3, -0.25) is 0 Å². The molecule has 1 N–H and O–H groups in total. The van der Waals surface area contributed by atoms with Gasteiger partial charge in [0.1, 0.15) is 0 Å². The fourth-order valence-corrected chi connectivity index (χ4v) is 2.79. The van der Waals surface area contributed by atoms with Gasteiger partial charge in [-0.1, -0.05) is 25.1 Å². The van der Waals surface area contributed by atoms with E-state index in [0.29, 0.717) is 0 Å². The zero-order chi connectivity index (χ0) is 13.5. The van der Waals surface area contributed by atoms with Crippen LogP contribution in [0.25, 0.3) is 0 Å². The van der Waals surface area contributed by atoms with Gasteiger partial charge in [0.15, 0.2) is 0 Å². The van der Waals surface area contributed by atoms with E-state index in [9.17, 15) is 0 Å². The largest absolute Gasteiger partial charge is 0.367 e. The minimum absolute atomic E-state index is 0.952. The van der Waals surface area contributed by atoms with Crippen LogP contribution in [-0.2, 0) is 13.1 Å². The highest BCUT2D eigenvalue weighted by Crippen LogP contribution is 2.20. The Bertz CT molecular complexity index is 462. The molecule has 0 bridgehead atoms. The number of nitrogens with zero attached hydrogens (tertiary/aromatic N) is 1. The molecule has 0 spiro atoms. The number of nitrogens with one attached hydrogen (secondary N) is 1. The Kier molecular flexibility index (Phi) is 5.43. The first-order valence-electron chi connectivity index (χ1n) is 6.90. The van der Waals surface area contributed by atoms with E-state index in [-0.39, 0.29) is 0 Å². The van der Waals surface area contributed by atoms with Crippen LogP contribution in [-0.4, -0.2) is 13.1 Å². The molecule has 2 aromatic rings. The van der Waals surface area contributed by atoms with Gasteiger partial charge in [0, 0.05) is 23.7 Å². The fraction of sp³-hybridized carbons (Fsp3) is 0.375. The number of rotatable bonds is 7. The summed E-state index contributed by atoms with van der Waals surface area (Å²) in [6, 6.07) is 13.2. The van der Waals surface area contributed by atoms with E-state index in [4.69, 9.17) is 0 Å². The maximum Gasteiger partial charge on any atom is 0.0522 e. The summed E-state index contributed by atoms with van der Waals surface area (Å²) in [5.74, 6) is 0. The molecular weight excluding hydrogens is 252 g/mol. The summed E-state index contributed by atoms with van der Waals surface area (Å²) >= 11 is 1.82. The maximum absolute atomic E-state index is 3.35. The molecule has 19 heavy (non-hydrogen) atoms. The van der Waals surface area contributed by atoms with Crippen molar-refractivity contribution in [3.8, 4) is 0 Å². The second-order valence-electron chi connectivity index (χ2n) is 4.54. The quantitative estimate of drug-likeness (QED) is 0.824. The summed E-state index contributed by atoms with van der Waals surface area (Å²) in [4.78, 5) is 3.82. The van der Waals surface area contributed by atoms with Crippen LogP contribution in [0.1, 0.15) is 24.3 Å². The lowest BCUT2D eigenvalue weighted by atomic mass is 10.2. The lowest BCUT2D eigenvalue weighted by Crippen LogP contribution is -2.21. The molecule has 0 atom stereocenters. The van der Waals surface area contributed by atoms with E-state index < -0.39 is 0 Å². The van der Waals surface area contributed by atoms with Crippen LogP contribution in [0.15, 0.2) is 41.8 Å². The van der Waals surface area contributed by atoms with Gasteiger partial charge in [0.2, 0.25) is 0 Å². The number of anilines is 1. The Balaban J connectivity index is 2.02. The Morgan fingerprint density at radius 2 is 1.89 bits per heavy atom. The topological polar surface area (TPSA) is 15.3 Å². The third-order valence-electron chi connectivity index (χ3n) is 3.19. The summed E-state index contributed by atoms with van der Waals surface area (Å²) in [6.45, 7) is 8.34. The second kappa shape index (κ2) is 7.31. The molecule has 2 nitrogen and oxygen atoms in total. The molecular formula is C16H22N2S. The van der Waals surface area contributed by atoms with Crippen molar-refractivity contribution in [1.82, 2.24) is 5.32 Å². The van der Waals surface area contributed by atoms with E-state index in [0.717, 1.165) is 26.2 Å². The SMILES string of the molecule is CCNCc1ccc(N(CC)Cc2cccs2)cc1. The van der Waals surface area contributed by atoms with Crippen molar-refractivity contribution in [3.63, 3.8) is 0 Å². The number of hydrogen-bond donors (Lipinski definition) is 1. The first-order chi connectivity index (χ1) is 9.33. The minimum Gasteiger partial charge on any atom is -0.367 e. The first-order valence-corrected chi connectivity index (χ1v) is 7.78. The molecule has 1 heterocycles. The molecule has 2 rings (SSSR count). The lowest BCUT2D eigenvalue weighted by molar-refractivity contribution is 0.726. The third-order valence-corrected chi connectivity index (χ3v) is 4.05. The third kappa shape index (κ3) is 4.08. The molecule has 0 fully saturated rings. The molecule has 0 radical (unpaired) electrons. The number of thiophene rings is 1. The summed E-state index contributed by atoms with van der Waals surface area (Å²) in [5, 5.41) is 5.49. The van der Waals surface area contributed by atoms with Crippen LogP contribution in [0, 0.1) is 0 Å². The first kappa shape index (κ1) is 14.1. The average Bonchev–Trinajstić information content (AvgIpc) is 2.96. The zero-order valence-electron chi connectivity index (χ0n) is 11.7. The highest BCUT2D eigenvalue weighted by Gasteiger charge is 2.05. The predicted octanol–water partition coefficient (Wildman–Crippen LogP) is 3.88. The van der Waals surface area contributed by atoms with Crippen LogP contribution >= 0.6 is 11.3 Å². The van der Waals surface area contributed by atoms with E-state index >= 15 is 0 Å². The Morgan fingerprint density at radius 3 is 2.47 bits per heavy atom. The standard InChI is InChI=1S/C16H22N2S/c1-3-17-12-14-7-9-15(10-8-14)18(4-2)13-16-6-5-11-19-16/h5-11,17H,3-4,12-13H2,1-2H3.